The van der Waals surface area contributed by atoms with Gasteiger partial charge in [0.2, 0.25) is 0 Å². The molecule has 1 saturated carbocycles. The highest BCUT2D eigenvalue weighted by atomic mass is 35.5. The molecule has 1 unspecified atom stereocenters. The first-order valence-corrected chi connectivity index (χ1v) is 10.8. The number of nitrogens with zero attached hydrogens (tertiary/aromatic N) is 2. The number of halogens is 3. The average Bonchev–Trinajstić information content (AvgIpc) is 3.16. The molecule has 1 N–H and O–H groups in total. The Hall–Kier alpha value is -2.53. The van der Waals surface area contributed by atoms with Gasteiger partial charge in [0.15, 0.2) is 0 Å². The van der Waals surface area contributed by atoms with Gasteiger partial charge in [-0.2, -0.15) is 0 Å². The van der Waals surface area contributed by atoms with Crippen LogP contribution >= 0.6 is 11.6 Å². The van der Waals surface area contributed by atoms with Crippen molar-refractivity contribution in [2.24, 2.45) is 5.92 Å². The first kappa shape index (κ1) is 19.4. The van der Waals surface area contributed by atoms with Gasteiger partial charge in [-0.1, -0.05) is 18.5 Å². The van der Waals surface area contributed by atoms with Gasteiger partial charge in [-0.05, 0) is 73.4 Å². The second-order valence-corrected chi connectivity index (χ2v) is 8.77. The van der Waals surface area contributed by atoms with Crippen molar-refractivity contribution in [3.63, 3.8) is 0 Å². The number of pyridine rings is 1. The maximum atomic E-state index is 13.8. The summed E-state index contributed by atoms with van der Waals surface area (Å²) in [6.07, 6.45) is 6.05. The van der Waals surface area contributed by atoms with E-state index in [4.69, 9.17) is 11.6 Å². The summed E-state index contributed by atoms with van der Waals surface area (Å²) in [7, 11) is 0. The van der Waals surface area contributed by atoms with Gasteiger partial charge in [-0.3, -0.25) is 4.98 Å². The molecule has 0 saturated heterocycles. The molecule has 2 heterocycles. The zero-order valence-electron chi connectivity index (χ0n) is 16.6. The third-order valence-electron chi connectivity index (χ3n) is 6.63. The van der Waals surface area contributed by atoms with E-state index in [1.807, 2.05) is 12.3 Å². The highest BCUT2D eigenvalue weighted by molar-refractivity contribution is 6.31. The molecule has 2 aromatic heterocycles. The van der Waals surface area contributed by atoms with Crippen molar-refractivity contribution in [3.8, 4) is 0 Å². The Balaban J connectivity index is 1.34. The van der Waals surface area contributed by atoms with E-state index in [-0.39, 0.29) is 16.8 Å². The fourth-order valence-electron chi connectivity index (χ4n) is 4.89. The Labute approximate surface area is 178 Å². The molecule has 154 valence electrons. The summed E-state index contributed by atoms with van der Waals surface area (Å²) < 4.78 is 27.6. The second-order valence-electron chi connectivity index (χ2n) is 8.37. The molecule has 3 nitrogen and oxygen atoms in total. The number of hydrogen-bond acceptors (Lipinski definition) is 2. The summed E-state index contributed by atoms with van der Waals surface area (Å²) in [4.78, 5) is 12.3. The van der Waals surface area contributed by atoms with E-state index in [1.165, 1.54) is 17.7 Å². The first-order valence-electron chi connectivity index (χ1n) is 10.4. The molecular formula is C24H22ClF2N3. The van der Waals surface area contributed by atoms with E-state index < -0.39 is 5.82 Å². The summed E-state index contributed by atoms with van der Waals surface area (Å²) in [5.41, 5.74) is 3.41. The molecule has 4 aromatic rings. The van der Waals surface area contributed by atoms with Crippen LogP contribution in [0.5, 0.6) is 0 Å². The number of rotatable bonds is 3. The van der Waals surface area contributed by atoms with E-state index in [1.54, 1.807) is 18.2 Å². The van der Waals surface area contributed by atoms with Crippen LogP contribution in [-0.2, 0) is 0 Å². The number of aromatic amines is 1. The SMILES string of the molecule is CC(c1nc2cc(Cl)c(F)cc2[nH]1)C1CCC(c2ccnc3ccc(F)cc23)CC1. The molecule has 6 heteroatoms. The Kier molecular flexibility index (Phi) is 4.94. The topological polar surface area (TPSA) is 41.6 Å². The minimum absolute atomic E-state index is 0.0923. The highest BCUT2D eigenvalue weighted by Gasteiger charge is 2.29. The second kappa shape index (κ2) is 7.62. The Morgan fingerprint density at radius 2 is 1.83 bits per heavy atom. The van der Waals surface area contributed by atoms with Gasteiger partial charge < -0.3 is 4.98 Å². The van der Waals surface area contributed by atoms with Crippen molar-refractivity contribution in [3.05, 3.63) is 70.6 Å². The molecule has 30 heavy (non-hydrogen) atoms. The van der Waals surface area contributed by atoms with Crippen LogP contribution in [0.4, 0.5) is 8.78 Å². The van der Waals surface area contributed by atoms with Crippen LogP contribution in [0.25, 0.3) is 21.9 Å². The van der Waals surface area contributed by atoms with Crippen molar-refractivity contribution in [2.75, 3.05) is 0 Å². The number of imidazole rings is 1. The van der Waals surface area contributed by atoms with Crippen LogP contribution < -0.4 is 0 Å². The standard InChI is InChI=1S/C24H22ClF2N3/c1-13(24-29-22-11-19(25)20(27)12-23(22)30-24)14-2-4-15(5-3-14)17-8-9-28-21-7-6-16(26)10-18(17)21/h6-15H,2-5H2,1H3,(H,29,30). The van der Waals surface area contributed by atoms with Crippen LogP contribution in [0, 0.1) is 17.6 Å². The lowest BCUT2D eigenvalue weighted by atomic mass is 9.73. The molecule has 1 atom stereocenters. The monoisotopic (exact) mass is 425 g/mol. The van der Waals surface area contributed by atoms with Crippen molar-refractivity contribution in [2.45, 2.75) is 44.4 Å². The molecule has 5 rings (SSSR count). The molecular weight excluding hydrogens is 404 g/mol. The largest absolute Gasteiger partial charge is 0.342 e. The quantitative estimate of drug-likeness (QED) is 0.379. The Morgan fingerprint density at radius 3 is 2.63 bits per heavy atom. The van der Waals surface area contributed by atoms with Crippen molar-refractivity contribution < 1.29 is 8.78 Å². The molecule has 0 amide bonds. The number of hydrogen-bond donors (Lipinski definition) is 1. The van der Waals surface area contributed by atoms with Crippen molar-refractivity contribution >= 4 is 33.5 Å². The Morgan fingerprint density at radius 1 is 1.03 bits per heavy atom. The molecule has 2 aromatic carbocycles. The molecule has 1 aliphatic carbocycles. The van der Waals surface area contributed by atoms with Crippen LogP contribution in [0.1, 0.15) is 55.8 Å². The van der Waals surface area contributed by atoms with Crippen molar-refractivity contribution in [1.82, 2.24) is 15.0 Å². The van der Waals surface area contributed by atoms with E-state index in [2.05, 4.69) is 21.9 Å². The van der Waals surface area contributed by atoms with Crippen LogP contribution in [-0.4, -0.2) is 15.0 Å². The minimum Gasteiger partial charge on any atom is -0.342 e. The molecule has 1 fully saturated rings. The molecule has 1 aliphatic rings. The highest BCUT2D eigenvalue weighted by Crippen LogP contribution is 2.43. The average molecular weight is 426 g/mol. The minimum atomic E-state index is -0.437. The Bertz CT molecular complexity index is 1190. The molecule has 0 aliphatic heterocycles. The van der Waals surface area contributed by atoms with Crippen LogP contribution in [0.3, 0.4) is 0 Å². The van der Waals surface area contributed by atoms with E-state index >= 15 is 0 Å². The number of H-pyrrole nitrogens is 1. The smallest absolute Gasteiger partial charge is 0.144 e. The third kappa shape index (κ3) is 3.45. The predicted octanol–water partition coefficient (Wildman–Crippen LogP) is 7.12. The predicted molar refractivity (Wildman–Crippen MR) is 116 cm³/mol. The van der Waals surface area contributed by atoms with E-state index in [0.717, 1.165) is 42.4 Å². The van der Waals surface area contributed by atoms with Crippen molar-refractivity contribution in [1.29, 1.82) is 0 Å². The van der Waals surface area contributed by atoms with Crippen LogP contribution in [0.2, 0.25) is 5.02 Å². The lowest BCUT2D eigenvalue weighted by Gasteiger charge is -2.32. The maximum Gasteiger partial charge on any atom is 0.144 e. The fourth-order valence-corrected chi connectivity index (χ4v) is 5.05. The third-order valence-corrected chi connectivity index (χ3v) is 6.92. The van der Waals surface area contributed by atoms with Gasteiger partial charge in [0.25, 0.3) is 0 Å². The van der Waals surface area contributed by atoms with Gasteiger partial charge in [0.05, 0.1) is 21.6 Å². The summed E-state index contributed by atoms with van der Waals surface area (Å²) in [6, 6.07) is 9.83. The summed E-state index contributed by atoms with van der Waals surface area (Å²) in [6.45, 7) is 2.18. The number of aromatic nitrogens is 3. The van der Waals surface area contributed by atoms with Gasteiger partial charge in [-0.15, -0.1) is 0 Å². The number of nitrogens with one attached hydrogen (secondary N) is 1. The normalized spacial score (nSPS) is 20.7. The van der Waals surface area contributed by atoms with E-state index in [0.29, 0.717) is 22.9 Å². The van der Waals surface area contributed by atoms with Gasteiger partial charge in [0.1, 0.15) is 17.5 Å². The molecule has 0 bridgehead atoms. The van der Waals surface area contributed by atoms with Gasteiger partial charge in [-0.25, -0.2) is 13.8 Å². The summed E-state index contributed by atoms with van der Waals surface area (Å²) in [5, 5.41) is 1.01. The zero-order valence-corrected chi connectivity index (χ0v) is 17.4. The van der Waals surface area contributed by atoms with Crippen LogP contribution in [0.15, 0.2) is 42.6 Å². The summed E-state index contributed by atoms with van der Waals surface area (Å²) >= 11 is 5.89. The molecule has 0 radical (unpaired) electrons. The fraction of sp³-hybridized carbons (Fsp3) is 0.333. The zero-order chi connectivity index (χ0) is 20.8. The number of fused-ring (bicyclic) bond motifs is 2. The lowest BCUT2D eigenvalue weighted by Crippen LogP contribution is -2.19. The molecule has 0 spiro atoms. The van der Waals surface area contributed by atoms with Gasteiger partial charge >= 0.3 is 0 Å². The van der Waals surface area contributed by atoms with E-state index in [9.17, 15) is 8.78 Å². The maximum absolute atomic E-state index is 13.8. The first-order chi connectivity index (χ1) is 14.5. The lowest BCUT2D eigenvalue weighted by molar-refractivity contribution is 0.286. The number of benzene rings is 2. The summed E-state index contributed by atoms with van der Waals surface area (Å²) in [5.74, 6) is 1.36. The van der Waals surface area contributed by atoms with Gasteiger partial charge in [0, 0.05) is 23.6 Å².